The van der Waals surface area contributed by atoms with Gasteiger partial charge in [0.15, 0.2) is 0 Å². The Morgan fingerprint density at radius 1 is 1.40 bits per heavy atom. The van der Waals surface area contributed by atoms with Crippen LogP contribution in [0.25, 0.3) is 0 Å². The van der Waals surface area contributed by atoms with Crippen LogP contribution in [0.5, 0.6) is 0 Å². The molecule has 1 fully saturated rings. The van der Waals surface area contributed by atoms with Gasteiger partial charge in [-0.25, -0.2) is 8.42 Å². The fourth-order valence-electron chi connectivity index (χ4n) is 2.24. The number of carbonyl (C=O) groups excluding carboxylic acids is 1. The van der Waals surface area contributed by atoms with Gasteiger partial charge in [0.05, 0.1) is 6.20 Å². The van der Waals surface area contributed by atoms with Gasteiger partial charge >= 0.3 is 0 Å². The zero-order chi connectivity index (χ0) is 14.8. The van der Waals surface area contributed by atoms with Crippen molar-refractivity contribution >= 4 is 21.7 Å². The van der Waals surface area contributed by atoms with Gasteiger partial charge in [0, 0.05) is 32.6 Å². The minimum Gasteiger partial charge on any atom is -0.383 e. The summed E-state index contributed by atoms with van der Waals surface area (Å²) in [5, 5.41) is 6.07. The highest BCUT2D eigenvalue weighted by Gasteiger charge is 2.30. The van der Waals surface area contributed by atoms with Crippen molar-refractivity contribution in [2.45, 2.75) is 24.7 Å². The highest BCUT2D eigenvalue weighted by molar-refractivity contribution is 7.89. The number of hydrogen-bond acceptors (Lipinski definition) is 5. The maximum Gasteiger partial charge on any atom is 0.248 e. The number of nitrogens with one attached hydrogen (secondary N) is 1. The molecule has 1 aromatic heterocycles. The predicted octanol–water partition coefficient (Wildman–Crippen LogP) is -0.375. The second kappa shape index (κ2) is 5.80. The van der Waals surface area contributed by atoms with Crippen LogP contribution < -0.4 is 5.73 Å². The zero-order valence-corrected chi connectivity index (χ0v) is 12.2. The van der Waals surface area contributed by atoms with Gasteiger partial charge in [-0.2, -0.15) is 9.40 Å². The Balaban J connectivity index is 2.15. The van der Waals surface area contributed by atoms with E-state index in [0.717, 1.165) is 0 Å². The van der Waals surface area contributed by atoms with Crippen molar-refractivity contribution in [3.8, 4) is 0 Å². The molecule has 1 aromatic rings. The minimum absolute atomic E-state index is 0.00670. The van der Waals surface area contributed by atoms with Crippen LogP contribution in [0.2, 0.25) is 0 Å². The molecule has 0 radical (unpaired) electrons. The SMILES string of the molecule is CCC(=O)N1CCCN(S(=O)(=O)c2cn[nH]c2N)CC1. The third-order valence-electron chi connectivity index (χ3n) is 3.36. The Kier molecular flexibility index (Phi) is 4.29. The maximum atomic E-state index is 12.5. The molecule has 0 unspecified atom stereocenters. The third-order valence-corrected chi connectivity index (χ3v) is 5.29. The summed E-state index contributed by atoms with van der Waals surface area (Å²) in [7, 11) is -3.65. The first-order valence-corrected chi connectivity index (χ1v) is 7.97. The highest BCUT2D eigenvalue weighted by Crippen LogP contribution is 2.21. The average molecular weight is 301 g/mol. The largest absolute Gasteiger partial charge is 0.383 e. The van der Waals surface area contributed by atoms with Gasteiger partial charge in [-0.05, 0) is 6.42 Å². The lowest BCUT2D eigenvalue weighted by atomic mass is 10.3. The number of rotatable bonds is 3. The Labute approximate surface area is 118 Å². The summed E-state index contributed by atoms with van der Waals surface area (Å²) in [6, 6.07) is 0. The molecule has 2 heterocycles. The average Bonchev–Trinajstić information content (AvgIpc) is 2.71. The molecule has 2 rings (SSSR count). The van der Waals surface area contributed by atoms with Crippen LogP contribution in [0.3, 0.4) is 0 Å². The van der Waals surface area contributed by atoms with E-state index in [1.54, 1.807) is 11.8 Å². The number of amides is 1. The Morgan fingerprint density at radius 3 is 2.75 bits per heavy atom. The van der Waals surface area contributed by atoms with Gasteiger partial charge in [-0.3, -0.25) is 9.89 Å². The van der Waals surface area contributed by atoms with Crippen LogP contribution in [0.15, 0.2) is 11.1 Å². The second-order valence-electron chi connectivity index (χ2n) is 4.64. The van der Waals surface area contributed by atoms with Gasteiger partial charge < -0.3 is 10.6 Å². The standard InChI is InChI=1S/C11H19N5O3S/c1-2-10(17)15-4-3-5-16(7-6-15)20(18,19)9-8-13-14-11(9)12/h8H,2-7H2,1H3,(H3,12,13,14). The lowest BCUT2D eigenvalue weighted by Crippen LogP contribution is -2.37. The van der Waals surface area contributed by atoms with E-state index < -0.39 is 10.0 Å². The second-order valence-corrected chi connectivity index (χ2v) is 6.55. The molecule has 20 heavy (non-hydrogen) atoms. The maximum absolute atomic E-state index is 12.5. The number of aromatic nitrogens is 2. The quantitative estimate of drug-likeness (QED) is 0.790. The summed E-state index contributed by atoms with van der Waals surface area (Å²) in [4.78, 5) is 13.4. The van der Waals surface area contributed by atoms with Crippen LogP contribution in [0.1, 0.15) is 19.8 Å². The number of nitrogens with zero attached hydrogens (tertiary/aromatic N) is 3. The summed E-state index contributed by atoms with van der Waals surface area (Å²) in [5.41, 5.74) is 5.58. The Hall–Kier alpha value is -1.61. The number of nitrogen functional groups attached to an aromatic ring is 1. The molecule has 0 aromatic carbocycles. The molecule has 0 aliphatic carbocycles. The molecule has 1 aliphatic rings. The number of hydrogen-bond donors (Lipinski definition) is 2. The first-order chi connectivity index (χ1) is 9.46. The molecule has 1 aliphatic heterocycles. The van der Waals surface area contributed by atoms with E-state index in [1.165, 1.54) is 10.5 Å². The lowest BCUT2D eigenvalue weighted by molar-refractivity contribution is -0.130. The summed E-state index contributed by atoms with van der Waals surface area (Å²) in [6.45, 7) is 3.44. The Morgan fingerprint density at radius 2 is 2.15 bits per heavy atom. The van der Waals surface area contributed by atoms with Gasteiger partial charge in [0.2, 0.25) is 15.9 Å². The molecular weight excluding hydrogens is 282 g/mol. The zero-order valence-electron chi connectivity index (χ0n) is 11.4. The van der Waals surface area contributed by atoms with Gasteiger partial charge in [-0.1, -0.05) is 6.92 Å². The molecule has 1 amide bonds. The third kappa shape index (κ3) is 2.78. The molecule has 0 saturated carbocycles. The van der Waals surface area contributed by atoms with Gasteiger partial charge in [0.1, 0.15) is 10.7 Å². The molecule has 0 spiro atoms. The monoisotopic (exact) mass is 301 g/mol. The first kappa shape index (κ1) is 14.8. The van der Waals surface area contributed by atoms with Crippen molar-refractivity contribution < 1.29 is 13.2 Å². The number of carbonyl (C=O) groups is 1. The topological polar surface area (TPSA) is 112 Å². The van der Waals surface area contributed by atoms with E-state index >= 15 is 0 Å². The minimum atomic E-state index is -3.65. The van der Waals surface area contributed by atoms with E-state index in [1.807, 2.05) is 0 Å². The van der Waals surface area contributed by atoms with E-state index in [0.29, 0.717) is 32.5 Å². The normalized spacial score (nSPS) is 17.9. The summed E-state index contributed by atoms with van der Waals surface area (Å²) >= 11 is 0. The summed E-state index contributed by atoms with van der Waals surface area (Å²) < 4.78 is 26.3. The molecule has 3 N–H and O–H groups in total. The smallest absolute Gasteiger partial charge is 0.248 e. The summed E-state index contributed by atoms with van der Waals surface area (Å²) in [5.74, 6) is 0.0859. The fourth-order valence-corrected chi connectivity index (χ4v) is 3.72. The molecular formula is C11H19N5O3S. The van der Waals surface area contributed by atoms with Crippen molar-refractivity contribution in [3.05, 3.63) is 6.20 Å². The van der Waals surface area contributed by atoms with Gasteiger partial charge in [0.25, 0.3) is 0 Å². The molecule has 8 nitrogen and oxygen atoms in total. The molecule has 9 heteroatoms. The van der Waals surface area contributed by atoms with Crippen LogP contribution in [-0.4, -0.2) is 59.9 Å². The van der Waals surface area contributed by atoms with E-state index in [2.05, 4.69) is 10.2 Å². The molecule has 1 saturated heterocycles. The van der Waals surface area contributed by atoms with Gasteiger partial charge in [-0.15, -0.1) is 0 Å². The molecule has 112 valence electrons. The number of sulfonamides is 1. The van der Waals surface area contributed by atoms with Crippen molar-refractivity contribution in [1.29, 1.82) is 0 Å². The van der Waals surface area contributed by atoms with Crippen molar-refractivity contribution in [2.75, 3.05) is 31.9 Å². The first-order valence-electron chi connectivity index (χ1n) is 6.53. The fraction of sp³-hybridized carbons (Fsp3) is 0.636. The van der Waals surface area contributed by atoms with Crippen LogP contribution in [0.4, 0.5) is 5.82 Å². The van der Waals surface area contributed by atoms with Crippen molar-refractivity contribution in [2.24, 2.45) is 0 Å². The number of H-pyrrole nitrogens is 1. The van der Waals surface area contributed by atoms with Crippen molar-refractivity contribution in [1.82, 2.24) is 19.4 Å². The van der Waals surface area contributed by atoms with E-state index in [4.69, 9.17) is 5.73 Å². The summed E-state index contributed by atoms with van der Waals surface area (Å²) in [6.07, 6.45) is 2.26. The molecule has 0 atom stereocenters. The number of anilines is 1. The number of nitrogens with two attached hydrogens (primary N) is 1. The lowest BCUT2D eigenvalue weighted by Gasteiger charge is -2.21. The van der Waals surface area contributed by atoms with E-state index in [-0.39, 0.29) is 23.2 Å². The highest BCUT2D eigenvalue weighted by atomic mass is 32.2. The van der Waals surface area contributed by atoms with Crippen LogP contribution >= 0.6 is 0 Å². The molecule has 0 bridgehead atoms. The van der Waals surface area contributed by atoms with Crippen molar-refractivity contribution in [3.63, 3.8) is 0 Å². The van der Waals surface area contributed by atoms with Crippen LogP contribution in [0, 0.1) is 0 Å². The predicted molar refractivity (Wildman–Crippen MR) is 73.2 cm³/mol. The number of aromatic amines is 1. The Bertz CT molecular complexity index is 583. The van der Waals surface area contributed by atoms with Crippen LogP contribution in [-0.2, 0) is 14.8 Å². The van der Waals surface area contributed by atoms with E-state index in [9.17, 15) is 13.2 Å².